The van der Waals surface area contributed by atoms with Gasteiger partial charge in [0, 0.05) is 12.3 Å². The largest absolute Gasteiger partial charge is 0.437 e. The van der Waals surface area contributed by atoms with E-state index < -0.39 is 15.8 Å². The highest BCUT2D eigenvalue weighted by molar-refractivity contribution is 7.92. The molecule has 0 aliphatic heterocycles. The Morgan fingerprint density at radius 3 is 2.38 bits per heavy atom. The first kappa shape index (κ1) is 21.1. The van der Waals surface area contributed by atoms with Gasteiger partial charge in [-0.25, -0.2) is 17.8 Å². The van der Waals surface area contributed by atoms with E-state index in [9.17, 15) is 12.8 Å². The molecule has 5 nitrogen and oxygen atoms in total. The van der Waals surface area contributed by atoms with Crippen LogP contribution < -0.4 is 9.46 Å². The highest BCUT2D eigenvalue weighted by Gasteiger charge is 2.20. The summed E-state index contributed by atoms with van der Waals surface area (Å²) in [6.45, 7) is 6.13. The Labute approximate surface area is 174 Å². The van der Waals surface area contributed by atoms with Crippen molar-refractivity contribution in [1.29, 1.82) is 0 Å². The van der Waals surface area contributed by atoms with Crippen LogP contribution in [0, 0.1) is 5.82 Å². The monoisotopic (exact) mass is 434 g/mol. The fourth-order valence-corrected chi connectivity index (χ4v) is 3.77. The molecule has 0 spiro atoms. The maximum Gasteiger partial charge on any atom is 0.262 e. The lowest BCUT2D eigenvalue weighted by Gasteiger charge is -2.19. The van der Waals surface area contributed by atoms with E-state index in [1.165, 1.54) is 48.7 Å². The van der Waals surface area contributed by atoms with Crippen LogP contribution in [0.4, 0.5) is 10.1 Å². The topological polar surface area (TPSA) is 68.3 Å². The van der Waals surface area contributed by atoms with Gasteiger partial charge < -0.3 is 4.74 Å². The minimum absolute atomic E-state index is 0.0432. The molecule has 1 aromatic heterocycles. The molecular weight excluding hydrogens is 415 g/mol. The second kappa shape index (κ2) is 8.00. The standard InChI is InChI=1S/C21H20ClFN2O3S/c1-21(2,3)14-7-9-18(10-8-14)29(26,27)25-19-11-15(22)13-24-20(19)28-17-6-4-5-16(23)12-17/h4-13,25H,1-3H3. The van der Waals surface area contributed by atoms with Crippen LogP contribution in [-0.2, 0) is 15.4 Å². The van der Waals surface area contributed by atoms with Crippen molar-refractivity contribution in [3.63, 3.8) is 0 Å². The van der Waals surface area contributed by atoms with Crippen molar-refractivity contribution in [3.05, 3.63) is 77.2 Å². The molecule has 0 bridgehead atoms. The van der Waals surface area contributed by atoms with Crippen LogP contribution in [0.5, 0.6) is 11.6 Å². The SMILES string of the molecule is CC(C)(C)c1ccc(S(=O)(=O)Nc2cc(Cl)cnc2Oc2cccc(F)c2)cc1. The number of ether oxygens (including phenoxy) is 1. The summed E-state index contributed by atoms with van der Waals surface area (Å²) < 4.78 is 47.1. The third kappa shape index (κ3) is 5.25. The molecule has 0 fully saturated rings. The zero-order valence-corrected chi connectivity index (χ0v) is 17.7. The van der Waals surface area contributed by atoms with Gasteiger partial charge in [0.15, 0.2) is 0 Å². The Morgan fingerprint density at radius 2 is 1.76 bits per heavy atom. The van der Waals surface area contributed by atoms with Gasteiger partial charge in [-0.15, -0.1) is 0 Å². The number of sulfonamides is 1. The van der Waals surface area contributed by atoms with Gasteiger partial charge in [-0.3, -0.25) is 4.72 Å². The van der Waals surface area contributed by atoms with E-state index in [1.54, 1.807) is 12.1 Å². The highest BCUT2D eigenvalue weighted by Crippen LogP contribution is 2.32. The average Bonchev–Trinajstić information content (AvgIpc) is 2.63. The number of nitrogens with one attached hydrogen (secondary N) is 1. The molecule has 0 radical (unpaired) electrons. The average molecular weight is 435 g/mol. The lowest BCUT2D eigenvalue weighted by molar-refractivity contribution is 0.460. The molecule has 8 heteroatoms. The van der Waals surface area contributed by atoms with Crippen LogP contribution in [0.1, 0.15) is 26.3 Å². The Balaban J connectivity index is 1.91. The van der Waals surface area contributed by atoms with Crippen molar-refractivity contribution in [2.45, 2.75) is 31.1 Å². The molecular formula is C21H20ClFN2O3S. The summed E-state index contributed by atoms with van der Waals surface area (Å²) in [6, 6.07) is 13.4. The molecule has 3 rings (SSSR count). The normalized spacial score (nSPS) is 11.9. The lowest BCUT2D eigenvalue weighted by Crippen LogP contribution is -2.15. The van der Waals surface area contributed by atoms with E-state index in [1.807, 2.05) is 20.8 Å². The summed E-state index contributed by atoms with van der Waals surface area (Å²) >= 11 is 5.98. The van der Waals surface area contributed by atoms with Crippen molar-refractivity contribution in [2.24, 2.45) is 0 Å². The van der Waals surface area contributed by atoms with Crippen molar-refractivity contribution in [3.8, 4) is 11.6 Å². The van der Waals surface area contributed by atoms with Crippen LogP contribution in [0.3, 0.4) is 0 Å². The Bertz CT molecular complexity index is 1130. The Morgan fingerprint density at radius 1 is 1.07 bits per heavy atom. The maximum absolute atomic E-state index is 13.4. The molecule has 3 aromatic rings. The predicted molar refractivity (Wildman–Crippen MR) is 112 cm³/mol. The molecule has 2 aromatic carbocycles. The van der Waals surface area contributed by atoms with Gasteiger partial charge in [0.2, 0.25) is 5.88 Å². The predicted octanol–water partition coefficient (Wildman–Crippen LogP) is 5.76. The zero-order valence-electron chi connectivity index (χ0n) is 16.1. The van der Waals surface area contributed by atoms with Crippen molar-refractivity contribution < 1.29 is 17.5 Å². The van der Waals surface area contributed by atoms with Crippen LogP contribution in [0.25, 0.3) is 0 Å². The van der Waals surface area contributed by atoms with E-state index in [-0.39, 0.29) is 32.6 Å². The number of hydrogen-bond donors (Lipinski definition) is 1. The fraction of sp³-hybridized carbons (Fsp3) is 0.190. The lowest BCUT2D eigenvalue weighted by atomic mass is 9.87. The number of hydrogen-bond acceptors (Lipinski definition) is 4. The van der Waals surface area contributed by atoms with E-state index in [2.05, 4.69) is 9.71 Å². The quantitative estimate of drug-likeness (QED) is 0.553. The van der Waals surface area contributed by atoms with Crippen molar-refractivity contribution in [1.82, 2.24) is 4.98 Å². The van der Waals surface area contributed by atoms with Gasteiger partial charge in [0.25, 0.3) is 10.0 Å². The summed E-state index contributed by atoms with van der Waals surface area (Å²) in [4.78, 5) is 4.11. The second-order valence-corrected chi connectivity index (χ2v) is 9.56. The molecule has 0 atom stereocenters. The second-order valence-electron chi connectivity index (χ2n) is 7.45. The van der Waals surface area contributed by atoms with E-state index in [0.29, 0.717) is 0 Å². The molecule has 0 aliphatic carbocycles. The number of benzene rings is 2. The molecule has 29 heavy (non-hydrogen) atoms. The van der Waals surface area contributed by atoms with Crippen LogP contribution in [0.15, 0.2) is 65.7 Å². The van der Waals surface area contributed by atoms with Gasteiger partial charge in [0.05, 0.1) is 9.92 Å². The van der Waals surface area contributed by atoms with Crippen molar-refractivity contribution in [2.75, 3.05) is 4.72 Å². The number of halogens is 2. The summed E-state index contributed by atoms with van der Waals surface area (Å²) in [6.07, 6.45) is 1.31. The van der Waals surface area contributed by atoms with E-state index >= 15 is 0 Å². The molecule has 0 unspecified atom stereocenters. The van der Waals surface area contributed by atoms with E-state index in [0.717, 1.165) is 5.56 Å². The van der Waals surface area contributed by atoms with E-state index in [4.69, 9.17) is 16.3 Å². The Hall–Kier alpha value is -2.64. The fourth-order valence-electron chi connectivity index (χ4n) is 2.56. The number of rotatable bonds is 5. The van der Waals surface area contributed by atoms with Crippen LogP contribution in [-0.4, -0.2) is 13.4 Å². The zero-order chi connectivity index (χ0) is 21.2. The van der Waals surface area contributed by atoms with Crippen LogP contribution >= 0.6 is 11.6 Å². The summed E-state index contributed by atoms with van der Waals surface area (Å²) in [7, 11) is -3.92. The number of anilines is 1. The minimum Gasteiger partial charge on any atom is -0.437 e. The van der Waals surface area contributed by atoms with Crippen LogP contribution in [0.2, 0.25) is 5.02 Å². The van der Waals surface area contributed by atoms with Gasteiger partial charge in [0.1, 0.15) is 17.3 Å². The first-order chi connectivity index (χ1) is 13.5. The maximum atomic E-state index is 13.4. The summed E-state index contributed by atoms with van der Waals surface area (Å²) in [5.41, 5.74) is 0.955. The molecule has 1 N–H and O–H groups in total. The Kier molecular flexibility index (Phi) is 5.82. The molecule has 0 aliphatic rings. The molecule has 0 saturated heterocycles. The smallest absolute Gasteiger partial charge is 0.262 e. The molecule has 0 saturated carbocycles. The summed E-state index contributed by atoms with van der Waals surface area (Å²) in [5, 5.41) is 0.220. The number of aromatic nitrogens is 1. The molecule has 1 heterocycles. The first-order valence-corrected chi connectivity index (χ1v) is 10.6. The van der Waals surface area contributed by atoms with Gasteiger partial charge in [-0.2, -0.15) is 0 Å². The van der Waals surface area contributed by atoms with Gasteiger partial charge in [-0.05, 0) is 41.3 Å². The third-order valence-corrected chi connectivity index (χ3v) is 5.69. The third-order valence-electron chi connectivity index (χ3n) is 4.10. The van der Waals surface area contributed by atoms with Crippen molar-refractivity contribution >= 4 is 27.3 Å². The van der Waals surface area contributed by atoms with Gasteiger partial charge >= 0.3 is 0 Å². The first-order valence-electron chi connectivity index (χ1n) is 8.77. The summed E-state index contributed by atoms with van der Waals surface area (Å²) in [5.74, 6) is -0.359. The van der Waals surface area contributed by atoms with Gasteiger partial charge in [-0.1, -0.05) is 50.6 Å². The molecule has 0 amide bonds. The highest BCUT2D eigenvalue weighted by atomic mass is 35.5. The molecule has 152 valence electrons. The number of nitrogens with zero attached hydrogens (tertiary/aromatic N) is 1. The minimum atomic E-state index is -3.92. The number of pyridine rings is 1.